The molecule has 2 atom stereocenters. The van der Waals surface area contributed by atoms with Crippen molar-refractivity contribution < 1.29 is 22.3 Å². The number of anilines is 1. The molecule has 3 rings (SSSR count). The molecular weight excluding hydrogens is 402 g/mol. The zero-order chi connectivity index (χ0) is 20.4. The molecule has 2 unspecified atom stereocenters. The molecule has 0 spiro atoms. The molecule has 1 aromatic rings. The molecule has 1 aliphatic heterocycles. The predicted molar refractivity (Wildman–Crippen MR) is 113 cm³/mol. The summed E-state index contributed by atoms with van der Waals surface area (Å²) in [6, 6.07) is 6.04. The molecule has 8 nitrogen and oxygen atoms in total. The summed E-state index contributed by atoms with van der Waals surface area (Å²) in [5, 5.41) is 0. The van der Waals surface area contributed by atoms with Crippen molar-refractivity contribution in [2.24, 2.45) is 4.99 Å². The van der Waals surface area contributed by atoms with E-state index in [1.54, 1.807) is 4.31 Å². The van der Waals surface area contributed by atoms with E-state index in [2.05, 4.69) is 9.71 Å². The molecule has 0 aromatic heterocycles. The summed E-state index contributed by atoms with van der Waals surface area (Å²) < 4.78 is 47.6. The van der Waals surface area contributed by atoms with Crippen LogP contribution < -0.4 is 4.72 Å². The van der Waals surface area contributed by atoms with Crippen LogP contribution in [0, 0.1) is 0 Å². The zero-order valence-corrected chi connectivity index (χ0v) is 16.9. The van der Waals surface area contributed by atoms with Crippen LogP contribution in [0.3, 0.4) is 0 Å². The molecule has 1 fully saturated rings. The Hall–Kier alpha value is -2.11. The molecule has 10 heteroatoms. The second-order valence-corrected chi connectivity index (χ2v) is 10.3. The van der Waals surface area contributed by atoms with Crippen molar-refractivity contribution >= 4 is 42.6 Å². The molecule has 28 heavy (non-hydrogen) atoms. The van der Waals surface area contributed by atoms with E-state index in [0.717, 1.165) is 19.1 Å². The second kappa shape index (κ2) is 8.10. The number of hydrogen-bond donors (Lipinski definition) is 3. The average Bonchev–Trinajstić information content (AvgIpc) is 3.17. The summed E-state index contributed by atoms with van der Waals surface area (Å²) in [7, 11) is -6.39. The molecular formula is C18H22N3O5S2+. The first-order chi connectivity index (χ1) is 13.1. The number of aliphatic imine (C=N–C) groups is 1. The lowest BCUT2D eigenvalue weighted by Gasteiger charge is -2.19. The Bertz CT molecular complexity index is 1000. The Morgan fingerprint density at radius 2 is 1.71 bits per heavy atom. The summed E-state index contributed by atoms with van der Waals surface area (Å²) in [6.07, 6.45) is 9.06. The lowest BCUT2D eigenvalue weighted by molar-refractivity contribution is 0.100. The highest BCUT2D eigenvalue weighted by atomic mass is 32.3. The minimum atomic E-state index is -3.25. The maximum Gasteiger partial charge on any atom is 0.307 e. The molecule has 3 N–H and O–H groups in total. The fourth-order valence-electron chi connectivity index (χ4n) is 2.86. The highest BCUT2D eigenvalue weighted by Crippen LogP contribution is 2.16. The Balaban J connectivity index is 1.73. The van der Waals surface area contributed by atoms with E-state index >= 15 is 0 Å². The number of amides is 1. The highest BCUT2D eigenvalue weighted by molar-refractivity contribution is 7.98. The van der Waals surface area contributed by atoms with Crippen molar-refractivity contribution in [3.8, 4) is 0 Å². The van der Waals surface area contributed by atoms with Crippen LogP contribution in [-0.4, -0.2) is 53.4 Å². The second-order valence-electron chi connectivity index (χ2n) is 6.53. The smallest absolute Gasteiger partial charge is 0.302 e. The van der Waals surface area contributed by atoms with Gasteiger partial charge in [0.05, 0.1) is 16.3 Å². The Labute approximate surface area is 165 Å². The summed E-state index contributed by atoms with van der Waals surface area (Å²) in [4.78, 5) is 16.6. The van der Waals surface area contributed by atoms with E-state index in [4.69, 9.17) is 0 Å². The number of benzene rings is 1. The van der Waals surface area contributed by atoms with E-state index in [9.17, 15) is 22.3 Å². The normalized spacial score (nSPS) is 21.2. The maximum absolute atomic E-state index is 12.6. The number of allylic oxidation sites excluding steroid dienone is 4. The van der Waals surface area contributed by atoms with Gasteiger partial charge in [0.2, 0.25) is 0 Å². The monoisotopic (exact) mass is 424 g/mol. The molecule has 1 heterocycles. The summed E-state index contributed by atoms with van der Waals surface area (Å²) >= 11 is 0. The maximum atomic E-state index is 12.6. The van der Waals surface area contributed by atoms with Crippen LogP contribution in [0.4, 0.5) is 5.69 Å². The SMILES string of the molecule is C[S+](=O)(O)Nc1ccc(C(=O)N=C2C=CC(=S(=O)(O)N3CCCC3)C=C2)cc1. The van der Waals surface area contributed by atoms with Crippen LogP contribution >= 0.6 is 0 Å². The minimum Gasteiger partial charge on any atom is -0.302 e. The van der Waals surface area contributed by atoms with E-state index in [1.165, 1.54) is 48.6 Å². The molecule has 0 saturated carbocycles. The lowest BCUT2D eigenvalue weighted by atomic mass is 10.1. The topological polar surface area (TPSA) is 119 Å². The first-order valence-corrected chi connectivity index (χ1v) is 12.0. The van der Waals surface area contributed by atoms with Crippen LogP contribution in [-0.2, 0) is 24.6 Å². The van der Waals surface area contributed by atoms with Crippen LogP contribution in [0.1, 0.15) is 23.2 Å². The van der Waals surface area contributed by atoms with Crippen LogP contribution in [0.25, 0.3) is 0 Å². The third-order valence-electron chi connectivity index (χ3n) is 4.23. The summed E-state index contributed by atoms with van der Waals surface area (Å²) in [5.74, 6) is -0.482. The van der Waals surface area contributed by atoms with Crippen molar-refractivity contribution in [2.45, 2.75) is 12.8 Å². The predicted octanol–water partition coefficient (Wildman–Crippen LogP) is 2.26. The van der Waals surface area contributed by atoms with Crippen LogP contribution in [0.5, 0.6) is 0 Å². The largest absolute Gasteiger partial charge is 0.307 e. The van der Waals surface area contributed by atoms with E-state index in [-0.39, 0.29) is 0 Å². The third-order valence-corrected chi connectivity index (χ3v) is 6.79. The minimum absolute atomic E-state index is 0.295. The zero-order valence-electron chi connectivity index (χ0n) is 15.3. The Morgan fingerprint density at radius 3 is 2.25 bits per heavy atom. The van der Waals surface area contributed by atoms with Gasteiger partial charge in [-0.25, -0.2) is 13.5 Å². The van der Waals surface area contributed by atoms with Gasteiger partial charge < -0.3 is 4.55 Å². The van der Waals surface area contributed by atoms with Crippen molar-refractivity contribution in [1.29, 1.82) is 0 Å². The fourth-order valence-corrected chi connectivity index (χ4v) is 4.98. The van der Waals surface area contributed by atoms with Gasteiger partial charge in [-0.2, -0.15) is 9.27 Å². The number of nitrogens with one attached hydrogen (secondary N) is 1. The standard InChI is InChI=1S/C18H21N3O5S2/c1-27(23,24)20-16-6-4-14(5-7-16)18(22)19-15-8-10-17(11-9-15)28(25,26)21-12-2-3-13-21/h4-11H,2-3,12-13H2,1H3,(H2-,19,20,22,23,24,25,26)/p+1. The van der Waals surface area contributed by atoms with Crippen molar-refractivity contribution in [2.75, 3.05) is 24.1 Å². The quantitative estimate of drug-likeness (QED) is 0.506. The molecule has 0 bridgehead atoms. The van der Waals surface area contributed by atoms with Gasteiger partial charge in [0, 0.05) is 18.7 Å². The van der Waals surface area contributed by atoms with Gasteiger partial charge >= 0.3 is 10.4 Å². The molecule has 1 saturated heterocycles. The molecule has 1 amide bonds. The fraction of sp³-hybridized carbons (Fsp3) is 0.278. The summed E-state index contributed by atoms with van der Waals surface area (Å²) in [5.41, 5.74) is 1.10. The number of nitrogens with zero attached hydrogens (tertiary/aromatic N) is 2. The van der Waals surface area contributed by atoms with Crippen LogP contribution in [0.15, 0.2) is 53.6 Å². The van der Waals surface area contributed by atoms with E-state index in [1.807, 2.05) is 0 Å². The number of rotatable bonds is 4. The molecule has 0 radical (unpaired) electrons. The van der Waals surface area contributed by atoms with Gasteiger partial charge in [-0.1, -0.05) is 0 Å². The number of hydrogen-bond acceptors (Lipinski definition) is 3. The Morgan fingerprint density at radius 1 is 1.14 bits per heavy atom. The summed E-state index contributed by atoms with van der Waals surface area (Å²) in [6.45, 7) is 1.18. The lowest BCUT2D eigenvalue weighted by Crippen LogP contribution is -2.32. The Kier molecular flexibility index (Phi) is 5.96. The average molecular weight is 425 g/mol. The van der Waals surface area contributed by atoms with E-state index < -0.39 is 26.3 Å². The van der Waals surface area contributed by atoms with Crippen molar-refractivity contribution in [3.63, 3.8) is 0 Å². The van der Waals surface area contributed by atoms with Gasteiger partial charge in [-0.3, -0.25) is 4.79 Å². The first-order valence-electron chi connectivity index (χ1n) is 8.62. The van der Waals surface area contributed by atoms with Crippen LogP contribution in [0.2, 0.25) is 0 Å². The van der Waals surface area contributed by atoms with Gasteiger partial charge in [-0.15, -0.1) is 0 Å². The molecule has 1 aromatic carbocycles. The van der Waals surface area contributed by atoms with E-state index in [0.29, 0.717) is 34.9 Å². The van der Waals surface area contributed by atoms with Crippen molar-refractivity contribution in [3.05, 3.63) is 54.1 Å². The molecule has 150 valence electrons. The van der Waals surface area contributed by atoms with Gasteiger partial charge in [0.1, 0.15) is 0 Å². The molecule has 2 aliphatic rings. The van der Waals surface area contributed by atoms with Gasteiger partial charge in [-0.05, 0) is 65.6 Å². The first kappa shape index (κ1) is 20.6. The highest BCUT2D eigenvalue weighted by Gasteiger charge is 2.23. The number of carbonyl (C=O) groups excluding carboxylic acids is 1. The van der Waals surface area contributed by atoms with Gasteiger partial charge in [0.15, 0.2) is 16.2 Å². The number of carbonyl (C=O) groups is 1. The molecule has 1 aliphatic carbocycles. The van der Waals surface area contributed by atoms with Crippen molar-refractivity contribution in [1.82, 2.24) is 4.31 Å². The van der Waals surface area contributed by atoms with Gasteiger partial charge in [0.25, 0.3) is 5.91 Å². The third kappa shape index (κ3) is 5.03.